The van der Waals surface area contributed by atoms with E-state index in [9.17, 15) is 9.59 Å². The summed E-state index contributed by atoms with van der Waals surface area (Å²) in [5, 5.41) is 5.55. The molecule has 0 aliphatic rings. The van der Waals surface area contributed by atoms with Crippen LogP contribution in [-0.2, 0) is 14.3 Å². The molecule has 0 atom stereocenters. The summed E-state index contributed by atoms with van der Waals surface area (Å²) in [7, 11) is 0. The van der Waals surface area contributed by atoms with Gasteiger partial charge in [-0.3, -0.25) is 4.79 Å². The van der Waals surface area contributed by atoms with Gasteiger partial charge in [0.25, 0.3) is 0 Å². The van der Waals surface area contributed by atoms with Crippen LogP contribution in [0.4, 0.5) is 4.79 Å². The normalized spacial score (nSPS) is 11.9. The molecule has 6 heteroatoms. The number of rotatable bonds is 8. The molecule has 0 aromatic heterocycles. The highest BCUT2D eigenvalue weighted by molar-refractivity contribution is 5.76. The maximum Gasteiger partial charge on any atom is 0.407 e. The predicted octanol–water partition coefficient (Wildman–Crippen LogP) is 2.22. The molecule has 0 rings (SSSR count). The first-order valence-electron chi connectivity index (χ1n) is 7.41. The highest BCUT2D eigenvalue weighted by atomic mass is 16.6. The fraction of sp³-hybridized carbons (Fsp3) is 0.867. The summed E-state index contributed by atoms with van der Waals surface area (Å²) in [6.07, 6.45) is 0.617. The molecule has 2 N–H and O–H groups in total. The fourth-order valence-corrected chi connectivity index (χ4v) is 1.57. The van der Waals surface area contributed by atoms with Gasteiger partial charge in [-0.1, -0.05) is 0 Å². The van der Waals surface area contributed by atoms with Crippen molar-refractivity contribution in [3.63, 3.8) is 0 Å². The molecule has 6 nitrogen and oxygen atoms in total. The molecule has 124 valence electrons. The number of ether oxygens (including phenoxy) is 2. The molecule has 0 heterocycles. The Hall–Kier alpha value is -1.30. The number of carbonyl (C=O) groups excluding carboxylic acids is 2. The first-order chi connectivity index (χ1) is 9.56. The van der Waals surface area contributed by atoms with Gasteiger partial charge in [0.05, 0.1) is 5.54 Å². The molecular formula is C15H30N2O4. The molecule has 0 saturated heterocycles. The molecule has 0 aliphatic heterocycles. The molecule has 0 aliphatic carbocycles. The van der Waals surface area contributed by atoms with Crippen LogP contribution >= 0.6 is 0 Å². The Morgan fingerprint density at radius 2 is 1.71 bits per heavy atom. The Kier molecular flexibility index (Phi) is 8.32. The van der Waals surface area contributed by atoms with E-state index in [1.165, 1.54) is 0 Å². The quantitative estimate of drug-likeness (QED) is 0.674. The molecule has 0 unspecified atom stereocenters. The summed E-state index contributed by atoms with van der Waals surface area (Å²) in [6.45, 7) is 12.6. The SMILES string of the molecule is CCOCCCC(=O)NC(C)(C)CNC(=O)OC(C)(C)C. The summed E-state index contributed by atoms with van der Waals surface area (Å²) in [4.78, 5) is 23.4. The van der Waals surface area contributed by atoms with Crippen LogP contribution in [0.15, 0.2) is 0 Å². The molecule has 0 radical (unpaired) electrons. The van der Waals surface area contributed by atoms with E-state index in [1.807, 2.05) is 20.8 Å². The Balaban J connectivity index is 4.02. The van der Waals surface area contributed by atoms with Crippen LogP contribution in [0.2, 0.25) is 0 Å². The molecular weight excluding hydrogens is 272 g/mol. The first-order valence-corrected chi connectivity index (χ1v) is 7.41. The van der Waals surface area contributed by atoms with Gasteiger partial charge in [-0.25, -0.2) is 4.79 Å². The second-order valence-corrected chi connectivity index (χ2v) is 6.59. The van der Waals surface area contributed by atoms with E-state index in [2.05, 4.69) is 10.6 Å². The zero-order chi connectivity index (χ0) is 16.5. The summed E-state index contributed by atoms with van der Waals surface area (Å²) >= 11 is 0. The molecule has 0 aromatic carbocycles. The smallest absolute Gasteiger partial charge is 0.407 e. The van der Waals surface area contributed by atoms with Crippen molar-refractivity contribution >= 4 is 12.0 Å². The topological polar surface area (TPSA) is 76.7 Å². The van der Waals surface area contributed by atoms with E-state index in [0.717, 1.165) is 0 Å². The van der Waals surface area contributed by atoms with Gasteiger partial charge < -0.3 is 20.1 Å². The highest BCUT2D eigenvalue weighted by Gasteiger charge is 2.23. The van der Waals surface area contributed by atoms with Crippen LogP contribution in [0.5, 0.6) is 0 Å². The number of carbonyl (C=O) groups is 2. The van der Waals surface area contributed by atoms with Gasteiger partial charge in [-0.05, 0) is 48.0 Å². The molecule has 0 saturated carbocycles. The Bertz CT molecular complexity index is 335. The lowest BCUT2D eigenvalue weighted by molar-refractivity contribution is -0.123. The van der Waals surface area contributed by atoms with Gasteiger partial charge in [0, 0.05) is 26.2 Å². The lowest BCUT2D eigenvalue weighted by Crippen LogP contribution is -2.52. The minimum Gasteiger partial charge on any atom is -0.444 e. The third-order valence-corrected chi connectivity index (χ3v) is 2.45. The van der Waals surface area contributed by atoms with E-state index in [4.69, 9.17) is 9.47 Å². The Labute approximate surface area is 127 Å². The van der Waals surface area contributed by atoms with Crippen molar-refractivity contribution in [2.24, 2.45) is 0 Å². The maximum atomic E-state index is 11.8. The van der Waals surface area contributed by atoms with Crippen LogP contribution in [-0.4, -0.2) is 42.9 Å². The van der Waals surface area contributed by atoms with E-state index >= 15 is 0 Å². The van der Waals surface area contributed by atoms with E-state index < -0.39 is 17.2 Å². The summed E-state index contributed by atoms with van der Waals surface area (Å²) in [5.41, 5.74) is -1.06. The van der Waals surface area contributed by atoms with Crippen LogP contribution in [0.25, 0.3) is 0 Å². The molecule has 0 spiro atoms. The molecule has 0 aromatic rings. The lowest BCUT2D eigenvalue weighted by atomic mass is 10.1. The average molecular weight is 302 g/mol. The van der Waals surface area contributed by atoms with Crippen molar-refractivity contribution in [3.05, 3.63) is 0 Å². The van der Waals surface area contributed by atoms with Crippen LogP contribution in [0.1, 0.15) is 54.4 Å². The van der Waals surface area contributed by atoms with Crippen LogP contribution in [0.3, 0.4) is 0 Å². The number of amides is 2. The Morgan fingerprint density at radius 1 is 1.10 bits per heavy atom. The van der Waals surface area contributed by atoms with Crippen molar-refractivity contribution in [1.29, 1.82) is 0 Å². The lowest BCUT2D eigenvalue weighted by Gasteiger charge is -2.27. The van der Waals surface area contributed by atoms with E-state index in [-0.39, 0.29) is 5.91 Å². The van der Waals surface area contributed by atoms with Crippen molar-refractivity contribution < 1.29 is 19.1 Å². The molecule has 21 heavy (non-hydrogen) atoms. The van der Waals surface area contributed by atoms with Crippen molar-refractivity contribution in [2.75, 3.05) is 19.8 Å². The second-order valence-electron chi connectivity index (χ2n) is 6.59. The minimum absolute atomic E-state index is 0.0503. The summed E-state index contributed by atoms with van der Waals surface area (Å²) < 4.78 is 10.3. The number of nitrogens with one attached hydrogen (secondary N) is 2. The molecule has 0 bridgehead atoms. The third kappa shape index (κ3) is 12.2. The van der Waals surface area contributed by atoms with Gasteiger partial charge in [-0.2, -0.15) is 0 Å². The van der Waals surface area contributed by atoms with Crippen molar-refractivity contribution in [1.82, 2.24) is 10.6 Å². The number of alkyl carbamates (subject to hydrolysis) is 1. The second kappa shape index (κ2) is 8.87. The monoisotopic (exact) mass is 302 g/mol. The van der Waals surface area contributed by atoms with Gasteiger partial charge in [0.15, 0.2) is 0 Å². The van der Waals surface area contributed by atoms with Crippen LogP contribution in [0, 0.1) is 0 Å². The number of hydrogen-bond acceptors (Lipinski definition) is 4. The zero-order valence-corrected chi connectivity index (χ0v) is 14.2. The van der Waals surface area contributed by atoms with Crippen molar-refractivity contribution in [3.8, 4) is 0 Å². The van der Waals surface area contributed by atoms with Gasteiger partial charge in [0.2, 0.25) is 5.91 Å². The summed E-state index contributed by atoms with van der Waals surface area (Å²) in [6, 6.07) is 0. The maximum absolute atomic E-state index is 11.8. The standard InChI is InChI=1S/C15H30N2O4/c1-7-20-10-8-9-12(18)17-15(5,6)11-16-13(19)21-14(2,3)4/h7-11H2,1-6H3,(H,16,19)(H,17,18). The average Bonchev–Trinajstić information content (AvgIpc) is 2.30. The van der Waals surface area contributed by atoms with Gasteiger partial charge in [0.1, 0.15) is 5.60 Å². The van der Waals surface area contributed by atoms with Crippen molar-refractivity contribution in [2.45, 2.75) is 65.5 Å². The molecule has 0 fully saturated rings. The highest BCUT2D eigenvalue weighted by Crippen LogP contribution is 2.07. The first kappa shape index (κ1) is 19.7. The van der Waals surface area contributed by atoms with Gasteiger partial charge >= 0.3 is 6.09 Å². The minimum atomic E-state index is -0.531. The molecule has 2 amide bonds. The zero-order valence-electron chi connectivity index (χ0n) is 14.2. The Morgan fingerprint density at radius 3 is 2.24 bits per heavy atom. The number of hydrogen-bond donors (Lipinski definition) is 2. The third-order valence-electron chi connectivity index (χ3n) is 2.45. The largest absolute Gasteiger partial charge is 0.444 e. The summed E-state index contributed by atoms with van der Waals surface area (Å²) in [5.74, 6) is -0.0503. The predicted molar refractivity (Wildman–Crippen MR) is 82.2 cm³/mol. The van der Waals surface area contributed by atoms with Gasteiger partial charge in [-0.15, -0.1) is 0 Å². The van der Waals surface area contributed by atoms with Crippen LogP contribution < -0.4 is 10.6 Å². The van der Waals surface area contributed by atoms with E-state index in [0.29, 0.717) is 32.6 Å². The van der Waals surface area contributed by atoms with E-state index in [1.54, 1.807) is 20.8 Å². The fourth-order valence-electron chi connectivity index (χ4n) is 1.57.